The number of thiophene rings is 1. The number of fused-ring (bicyclic) bond motifs is 1. The van der Waals surface area contributed by atoms with Gasteiger partial charge in [0.25, 0.3) is 5.56 Å². The van der Waals surface area contributed by atoms with Crippen molar-refractivity contribution in [3.05, 3.63) is 43.8 Å². The van der Waals surface area contributed by atoms with Crippen LogP contribution in [0.2, 0.25) is 0 Å². The van der Waals surface area contributed by atoms with Crippen molar-refractivity contribution in [1.82, 2.24) is 14.1 Å². The fourth-order valence-corrected chi connectivity index (χ4v) is 5.12. The summed E-state index contributed by atoms with van der Waals surface area (Å²) in [5.74, 6) is -0.324. The monoisotopic (exact) mass is 443 g/mol. The van der Waals surface area contributed by atoms with Crippen LogP contribution in [0, 0.1) is 27.7 Å². The predicted molar refractivity (Wildman–Crippen MR) is 109 cm³/mol. The van der Waals surface area contributed by atoms with Gasteiger partial charge in [-0.05, 0) is 39.3 Å². The van der Waals surface area contributed by atoms with Crippen LogP contribution in [0.25, 0.3) is 10.2 Å². The van der Waals surface area contributed by atoms with E-state index in [1.165, 1.54) is 28.9 Å². The van der Waals surface area contributed by atoms with E-state index in [0.717, 1.165) is 26.8 Å². The molecule has 0 radical (unpaired) electrons. The molecule has 0 aliphatic heterocycles. The number of aromatic nitrogens is 3. The summed E-state index contributed by atoms with van der Waals surface area (Å²) in [4.78, 5) is 31.5. The normalized spacial score (nSPS) is 12.1. The van der Waals surface area contributed by atoms with E-state index in [2.05, 4.69) is 4.98 Å². The maximum Gasteiger partial charge on any atom is 0.406 e. The van der Waals surface area contributed by atoms with E-state index in [4.69, 9.17) is 0 Å². The second-order valence-electron chi connectivity index (χ2n) is 6.92. The van der Waals surface area contributed by atoms with Gasteiger partial charge < -0.3 is 4.57 Å². The van der Waals surface area contributed by atoms with Crippen LogP contribution in [-0.4, -0.2) is 31.8 Å². The van der Waals surface area contributed by atoms with E-state index >= 15 is 0 Å². The van der Waals surface area contributed by atoms with Crippen molar-refractivity contribution in [3.63, 3.8) is 0 Å². The molecule has 0 saturated carbocycles. The minimum atomic E-state index is -4.36. The summed E-state index contributed by atoms with van der Waals surface area (Å²) in [7, 11) is 1.60. The van der Waals surface area contributed by atoms with Crippen LogP contribution in [-0.2, 0) is 13.6 Å². The van der Waals surface area contributed by atoms with Gasteiger partial charge in [0.2, 0.25) is 0 Å². The second kappa shape index (κ2) is 7.64. The SMILES string of the molecule is Cc1sc2nc(SCC(=O)c3cc(C)n(CC(F)(F)F)c3C)n(C)c(=O)c2c1C. The first-order valence-electron chi connectivity index (χ1n) is 8.77. The Morgan fingerprint density at radius 3 is 2.52 bits per heavy atom. The summed E-state index contributed by atoms with van der Waals surface area (Å²) in [6.45, 7) is 5.73. The fraction of sp³-hybridized carbons (Fsp3) is 0.421. The van der Waals surface area contributed by atoms with Crippen molar-refractivity contribution in [3.8, 4) is 0 Å². The molecule has 0 spiro atoms. The van der Waals surface area contributed by atoms with Gasteiger partial charge >= 0.3 is 6.18 Å². The zero-order valence-electron chi connectivity index (χ0n) is 16.6. The smallest absolute Gasteiger partial charge is 0.339 e. The number of halogens is 3. The number of hydrogen-bond acceptors (Lipinski definition) is 5. The zero-order valence-corrected chi connectivity index (χ0v) is 18.2. The van der Waals surface area contributed by atoms with Gasteiger partial charge in [-0.2, -0.15) is 13.2 Å². The minimum Gasteiger partial charge on any atom is -0.339 e. The number of carbonyl (C=O) groups excluding carboxylic acids is 1. The molecule has 156 valence electrons. The number of nitrogens with zero attached hydrogens (tertiary/aromatic N) is 3. The highest BCUT2D eigenvalue weighted by Crippen LogP contribution is 2.29. The molecular weight excluding hydrogens is 423 g/mol. The summed E-state index contributed by atoms with van der Waals surface area (Å²) in [6.07, 6.45) is -4.36. The number of hydrogen-bond donors (Lipinski definition) is 0. The third-order valence-electron chi connectivity index (χ3n) is 4.91. The number of alkyl halides is 3. The first-order chi connectivity index (χ1) is 13.4. The lowest BCUT2D eigenvalue weighted by Crippen LogP contribution is -2.20. The lowest BCUT2D eigenvalue weighted by molar-refractivity contribution is -0.141. The van der Waals surface area contributed by atoms with Gasteiger partial charge in [-0.15, -0.1) is 11.3 Å². The average Bonchev–Trinajstić information content (AvgIpc) is 3.06. The number of thioether (sulfide) groups is 1. The Balaban J connectivity index is 1.86. The van der Waals surface area contributed by atoms with Crippen LogP contribution in [0.1, 0.15) is 32.2 Å². The molecule has 3 rings (SSSR count). The van der Waals surface area contributed by atoms with Crippen molar-refractivity contribution in [2.24, 2.45) is 7.05 Å². The van der Waals surface area contributed by atoms with Crippen molar-refractivity contribution < 1.29 is 18.0 Å². The standard InChI is InChI=1S/C19H20F3N3O2S2/c1-9-6-13(11(3)25(9)8-19(20,21)22)14(26)7-28-18-23-16-15(17(27)24(18)5)10(2)12(4)29-16/h6H,7-8H2,1-5H3. The topological polar surface area (TPSA) is 56.9 Å². The number of Topliss-reactive ketones (excluding diaryl/α,β-unsaturated/α-hetero) is 1. The molecule has 10 heteroatoms. The van der Waals surface area contributed by atoms with Crippen molar-refractivity contribution in [2.75, 3.05) is 5.75 Å². The van der Waals surface area contributed by atoms with Gasteiger partial charge in [-0.1, -0.05) is 11.8 Å². The quantitative estimate of drug-likeness (QED) is 0.329. The van der Waals surface area contributed by atoms with Crippen LogP contribution >= 0.6 is 23.1 Å². The molecule has 29 heavy (non-hydrogen) atoms. The zero-order chi connectivity index (χ0) is 21.7. The summed E-state index contributed by atoms with van der Waals surface area (Å²) in [5.41, 5.74) is 1.66. The second-order valence-corrected chi connectivity index (χ2v) is 9.07. The lowest BCUT2D eigenvalue weighted by atomic mass is 10.2. The molecule has 3 aromatic heterocycles. The number of carbonyl (C=O) groups is 1. The Hall–Kier alpha value is -2.07. The maximum absolute atomic E-state index is 12.8. The van der Waals surface area contributed by atoms with Gasteiger partial charge in [-0.3, -0.25) is 14.2 Å². The maximum atomic E-state index is 12.8. The van der Waals surface area contributed by atoms with Gasteiger partial charge in [-0.25, -0.2) is 4.98 Å². The molecule has 5 nitrogen and oxygen atoms in total. The summed E-state index contributed by atoms with van der Waals surface area (Å²) < 4.78 is 40.8. The van der Waals surface area contributed by atoms with E-state index in [1.807, 2.05) is 13.8 Å². The largest absolute Gasteiger partial charge is 0.406 e. The number of ketones is 1. The van der Waals surface area contributed by atoms with Crippen LogP contribution in [0.3, 0.4) is 0 Å². The molecule has 0 bridgehead atoms. The van der Waals surface area contributed by atoms with Gasteiger partial charge in [0, 0.05) is 28.9 Å². The highest BCUT2D eigenvalue weighted by Gasteiger charge is 2.30. The molecule has 0 aliphatic rings. The molecule has 0 aromatic carbocycles. The fourth-order valence-electron chi connectivity index (χ4n) is 3.20. The first kappa shape index (κ1) is 21.6. The van der Waals surface area contributed by atoms with E-state index in [1.54, 1.807) is 14.0 Å². The third-order valence-corrected chi connectivity index (χ3v) is 7.04. The summed E-state index contributed by atoms with van der Waals surface area (Å²) >= 11 is 2.54. The third kappa shape index (κ3) is 4.13. The van der Waals surface area contributed by atoms with Crippen molar-refractivity contribution in [2.45, 2.75) is 45.6 Å². The average molecular weight is 444 g/mol. The van der Waals surface area contributed by atoms with Crippen molar-refractivity contribution in [1.29, 1.82) is 0 Å². The van der Waals surface area contributed by atoms with Crippen molar-refractivity contribution >= 4 is 39.1 Å². The molecule has 3 aromatic rings. The molecule has 0 atom stereocenters. The first-order valence-corrected chi connectivity index (χ1v) is 10.6. The predicted octanol–water partition coefficient (Wildman–Crippen LogP) is 4.57. The van der Waals surface area contributed by atoms with Gasteiger partial charge in [0.1, 0.15) is 11.4 Å². The van der Waals surface area contributed by atoms with Crippen LogP contribution in [0.4, 0.5) is 13.2 Å². The van der Waals surface area contributed by atoms with Crippen LogP contribution < -0.4 is 5.56 Å². The van der Waals surface area contributed by atoms with Gasteiger partial charge in [0.15, 0.2) is 10.9 Å². The van der Waals surface area contributed by atoms with E-state index in [0.29, 0.717) is 21.1 Å². The highest BCUT2D eigenvalue weighted by molar-refractivity contribution is 7.99. The summed E-state index contributed by atoms with van der Waals surface area (Å²) in [6, 6.07) is 1.48. The Bertz CT molecular complexity index is 1170. The van der Waals surface area contributed by atoms with E-state index < -0.39 is 12.7 Å². The Kier molecular flexibility index (Phi) is 5.70. The number of aryl methyl sites for hydroxylation is 3. The number of rotatable bonds is 5. The molecule has 3 heterocycles. The van der Waals surface area contributed by atoms with E-state index in [9.17, 15) is 22.8 Å². The molecular formula is C19H20F3N3O2S2. The van der Waals surface area contributed by atoms with E-state index in [-0.39, 0.29) is 28.4 Å². The molecule has 0 unspecified atom stereocenters. The van der Waals surface area contributed by atoms with Crippen LogP contribution in [0.5, 0.6) is 0 Å². The minimum absolute atomic E-state index is 0.0224. The molecule has 0 fully saturated rings. The lowest BCUT2D eigenvalue weighted by Gasteiger charge is -2.12. The molecule has 0 amide bonds. The molecule has 0 N–H and O–H groups in total. The Morgan fingerprint density at radius 1 is 1.24 bits per heavy atom. The molecule has 0 aliphatic carbocycles. The Morgan fingerprint density at radius 2 is 1.90 bits per heavy atom. The van der Waals surface area contributed by atoms with Crippen LogP contribution in [0.15, 0.2) is 16.0 Å². The van der Waals surface area contributed by atoms with Gasteiger partial charge in [0.05, 0.1) is 11.1 Å². The highest BCUT2D eigenvalue weighted by atomic mass is 32.2. The molecule has 0 saturated heterocycles. The Labute approximate surface area is 173 Å². The summed E-state index contributed by atoms with van der Waals surface area (Å²) in [5, 5.41) is 0.988.